The largest absolute Gasteiger partial charge is 0.472 e. The highest BCUT2D eigenvalue weighted by molar-refractivity contribution is 7.47. The maximum absolute atomic E-state index is 13.0. The van der Waals surface area contributed by atoms with Crippen LogP contribution in [0.4, 0.5) is 0 Å². The summed E-state index contributed by atoms with van der Waals surface area (Å²) in [7, 11) is 1.56. The van der Waals surface area contributed by atoms with Gasteiger partial charge in [0.05, 0.1) is 39.9 Å². The van der Waals surface area contributed by atoms with E-state index in [2.05, 4.69) is 43.5 Å². The molecule has 0 bridgehead atoms. The molecule has 3 N–H and O–H groups in total. The summed E-state index contributed by atoms with van der Waals surface area (Å²) in [6, 6.07) is -0.863. The second-order valence-electron chi connectivity index (χ2n) is 21.4. The highest BCUT2D eigenvalue weighted by Crippen LogP contribution is 2.43. The summed E-state index contributed by atoms with van der Waals surface area (Å²) in [4.78, 5) is 23.3. The van der Waals surface area contributed by atoms with Crippen LogP contribution in [0.3, 0.4) is 0 Å². The van der Waals surface area contributed by atoms with Crippen LogP contribution in [0.2, 0.25) is 0 Å². The van der Waals surface area contributed by atoms with Gasteiger partial charge in [0.2, 0.25) is 5.91 Å². The summed E-state index contributed by atoms with van der Waals surface area (Å²) < 4.78 is 23.7. The Hall–Kier alpha value is -1.28. The number of aliphatic hydroxyl groups is 1. The molecule has 0 heterocycles. The lowest BCUT2D eigenvalue weighted by molar-refractivity contribution is -0.870. The quantitative estimate of drug-likeness (QED) is 0.0243. The number of phosphoric acid groups is 1. The van der Waals surface area contributed by atoms with Crippen molar-refractivity contribution in [3.63, 3.8) is 0 Å². The number of nitrogens with zero attached hydrogens (tertiary/aromatic N) is 1. The van der Waals surface area contributed by atoms with Crippen LogP contribution in [0.15, 0.2) is 36.5 Å². The molecule has 0 fully saturated rings. The third-order valence-electron chi connectivity index (χ3n) is 13.3. The summed E-state index contributed by atoms with van der Waals surface area (Å²) in [5.41, 5.74) is 0. The van der Waals surface area contributed by atoms with E-state index in [0.717, 1.165) is 38.5 Å². The van der Waals surface area contributed by atoms with Gasteiger partial charge in [0, 0.05) is 6.42 Å². The molecule has 0 saturated carbocycles. The van der Waals surface area contributed by atoms with Crippen molar-refractivity contribution in [2.24, 2.45) is 0 Å². The number of allylic oxidation sites excluding steroid dienone is 5. The number of rotatable bonds is 54. The normalized spacial score (nSPS) is 14.2. The lowest BCUT2D eigenvalue weighted by Crippen LogP contribution is -2.45. The van der Waals surface area contributed by atoms with Gasteiger partial charge in [-0.15, -0.1) is 0 Å². The third-order valence-corrected chi connectivity index (χ3v) is 14.3. The topological polar surface area (TPSA) is 105 Å². The number of hydrogen-bond donors (Lipinski definition) is 3. The van der Waals surface area contributed by atoms with Crippen LogP contribution in [-0.4, -0.2) is 73.4 Å². The molecule has 3 atom stereocenters. The van der Waals surface area contributed by atoms with E-state index in [1.165, 1.54) is 225 Å². The number of carbonyl (C=O) groups is 1. The molecule has 0 aliphatic heterocycles. The molecule has 8 nitrogen and oxygen atoms in total. The van der Waals surface area contributed by atoms with E-state index in [9.17, 15) is 19.4 Å². The Bertz CT molecular complexity index is 1200. The van der Waals surface area contributed by atoms with Gasteiger partial charge in [0.15, 0.2) is 0 Å². The number of phosphoric ester groups is 1. The number of aliphatic hydroxyl groups excluding tert-OH is 1. The molecule has 0 rings (SSSR count). The second kappa shape index (κ2) is 50.7. The maximum Gasteiger partial charge on any atom is 0.472 e. The van der Waals surface area contributed by atoms with Gasteiger partial charge in [-0.1, -0.05) is 256 Å². The van der Waals surface area contributed by atoms with E-state index in [4.69, 9.17) is 9.05 Å². The van der Waals surface area contributed by atoms with Crippen molar-refractivity contribution in [2.45, 2.75) is 296 Å². The van der Waals surface area contributed by atoms with E-state index >= 15 is 0 Å². The Morgan fingerprint density at radius 3 is 1.18 bits per heavy atom. The summed E-state index contributed by atoms with van der Waals surface area (Å²) >= 11 is 0. The molecule has 0 aromatic rings. The number of amides is 1. The molecule has 0 aromatic carbocycles. The molecule has 402 valence electrons. The molecule has 68 heavy (non-hydrogen) atoms. The third kappa shape index (κ3) is 52.5. The highest BCUT2D eigenvalue weighted by Gasteiger charge is 2.27. The van der Waals surface area contributed by atoms with Crippen molar-refractivity contribution >= 4 is 13.7 Å². The average Bonchev–Trinajstić information content (AvgIpc) is 3.30. The Morgan fingerprint density at radius 2 is 0.809 bits per heavy atom. The number of unbranched alkanes of at least 4 members (excludes halogenated alkanes) is 37. The van der Waals surface area contributed by atoms with Crippen molar-refractivity contribution in [3.05, 3.63) is 36.5 Å². The lowest BCUT2D eigenvalue weighted by Gasteiger charge is -2.25. The van der Waals surface area contributed by atoms with Gasteiger partial charge >= 0.3 is 7.82 Å². The summed E-state index contributed by atoms with van der Waals surface area (Å²) in [5.74, 6) is -0.183. The van der Waals surface area contributed by atoms with Gasteiger partial charge in [0.25, 0.3) is 0 Å². The second-order valence-corrected chi connectivity index (χ2v) is 22.8. The smallest absolute Gasteiger partial charge is 0.387 e. The zero-order valence-corrected chi connectivity index (χ0v) is 46.8. The van der Waals surface area contributed by atoms with Crippen molar-refractivity contribution < 1.29 is 32.9 Å². The molecule has 1 amide bonds. The molecule has 0 spiro atoms. The number of hydrogen-bond acceptors (Lipinski definition) is 5. The predicted molar refractivity (Wildman–Crippen MR) is 295 cm³/mol. The molecule has 0 aliphatic rings. The Balaban J connectivity index is 4.22. The first-order valence-electron chi connectivity index (χ1n) is 29.4. The minimum atomic E-state index is -4.35. The van der Waals surface area contributed by atoms with E-state index in [1.54, 1.807) is 6.08 Å². The van der Waals surface area contributed by atoms with Crippen LogP contribution >= 0.6 is 7.82 Å². The van der Waals surface area contributed by atoms with Gasteiger partial charge in [-0.25, -0.2) is 4.57 Å². The molecule has 9 heteroatoms. The van der Waals surface area contributed by atoms with Gasteiger partial charge in [-0.05, 0) is 57.8 Å². The zero-order valence-electron chi connectivity index (χ0n) is 45.9. The first-order chi connectivity index (χ1) is 33.0. The van der Waals surface area contributed by atoms with Crippen molar-refractivity contribution in [3.8, 4) is 0 Å². The zero-order chi connectivity index (χ0) is 49.9. The van der Waals surface area contributed by atoms with Crippen molar-refractivity contribution in [1.29, 1.82) is 0 Å². The van der Waals surface area contributed by atoms with Crippen molar-refractivity contribution in [1.82, 2.24) is 5.32 Å². The lowest BCUT2D eigenvalue weighted by atomic mass is 10.0. The van der Waals surface area contributed by atoms with Crippen molar-refractivity contribution in [2.75, 3.05) is 40.9 Å². The molecule has 0 radical (unpaired) electrons. The number of quaternary nitrogens is 1. The van der Waals surface area contributed by atoms with E-state index < -0.39 is 20.0 Å². The highest BCUT2D eigenvalue weighted by atomic mass is 31.2. The van der Waals surface area contributed by atoms with Crippen LogP contribution in [0.1, 0.15) is 284 Å². The molecular formula is C59H116N2O6P+. The predicted octanol–water partition coefficient (Wildman–Crippen LogP) is 17.8. The van der Waals surface area contributed by atoms with E-state index in [0.29, 0.717) is 17.4 Å². The maximum atomic E-state index is 13.0. The Morgan fingerprint density at radius 1 is 0.485 bits per heavy atom. The standard InChI is InChI=1S/C59H115N2O6P/c1-6-8-10-12-14-16-18-20-22-24-26-28-29-30-31-33-35-37-39-41-43-45-47-49-51-53-59(63)60-57(56-67-68(64,65)66-55-54-61(3,4)5)58(62)52-50-48-46-44-42-40-38-36-34-32-27-25-23-21-19-17-15-13-11-9-7-2/h24,26,42,44,50,52,57-58,62H,6-23,25,27-41,43,45-49,51,53-56H2,1-5H3,(H-,60,63,64,65)/p+1/b26-24-,44-42+,52-50+. The van der Waals surface area contributed by atoms with Crippen LogP contribution in [0.5, 0.6) is 0 Å². The van der Waals surface area contributed by atoms with Crippen LogP contribution in [-0.2, 0) is 18.4 Å². The van der Waals surface area contributed by atoms with Crippen LogP contribution in [0, 0.1) is 0 Å². The number of carbonyl (C=O) groups excluding carboxylic acids is 1. The van der Waals surface area contributed by atoms with Gasteiger partial charge < -0.3 is 19.8 Å². The minimum Gasteiger partial charge on any atom is -0.387 e. The summed E-state index contributed by atoms with van der Waals surface area (Å²) in [5, 5.41) is 13.9. The molecule has 0 aromatic heterocycles. The van der Waals surface area contributed by atoms with E-state index in [1.807, 2.05) is 27.2 Å². The van der Waals surface area contributed by atoms with Crippen LogP contribution < -0.4 is 5.32 Å². The fraction of sp³-hybridized carbons (Fsp3) is 0.881. The van der Waals surface area contributed by atoms with Gasteiger partial charge in [0.1, 0.15) is 13.2 Å². The van der Waals surface area contributed by atoms with Crippen LogP contribution in [0.25, 0.3) is 0 Å². The Kier molecular flexibility index (Phi) is 49.7. The van der Waals surface area contributed by atoms with E-state index in [-0.39, 0.29) is 19.1 Å². The average molecular weight is 981 g/mol. The summed E-state index contributed by atoms with van der Waals surface area (Å²) in [6.07, 6.45) is 65.4. The minimum absolute atomic E-state index is 0.0572. The fourth-order valence-electron chi connectivity index (χ4n) is 8.70. The molecular weight excluding hydrogens is 864 g/mol. The fourth-order valence-corrected chi connectivity index (χ4v) is 9.44. The monoisotopic (exact) mass is 980 g/mol. The first kappa shape index (κ1) is 66.7. The molecule has 0 aliphatic carbocycles. The SMILES string of the molecule is CCCCCCCCCC/C=C\CCCCCCCCCCCCCCCC(=O)NC(COP(=O)(O)OCC[N+](C)(C)C)C(O)/C=C/CC/C=C/CCCCCCCCCCCCCCCCC. The number of nitrogens with one attached hydrogen (secondary N) is 1. The Labute approximate surface area is 423 Å². The molecule has 0 saturated heterocycles. The van der Waals surface area contributed by atoms with Gasteiger partial charge in [-0.3, -0.25) is 13.8 Å². The van der Waals surface area contributed by atoms with Gasteiger partial charge in [-0.2, -0.15) is 0 Å². The summed E-state index contributed by atoms with van der Waals surface area (Å²) in [6.45, 7) is 4.83. The number of likely N-dealkylation sites (N-methyl/N-ethyl adjacent to an activating group) is 1. The first-order valence-corrected chi connectivity index (χ1v) is 30.9. The molecule has 3 unspecified atom stereocenters.